The van der Waals surface area contributed by atoms with Gasteiger partial charge in [-0.15, -0.1) is 0 Å². The number of nitrogens with zero attached hydrogens (tertiary/aromatic N) is 4. The van der Waals surface area contributed by atoms with Crippen LogP contribution in [0.25, 0.3) is 0 Å². The summed E-state index contributed by atoms with van der Waals surface area (Å²) in [6.07, 6.45) is 17.5. The molecule has 0 aliphatic heterocycles. The van der Waals surface area contributed by atoms with E-state index in [1.807, 2.05) is 12.4 Å². The van der Waals surface area contributed by atoms with Gasteiger partial charge in [0, 0.05) is 34.7 Å². The van der Waals surface area contributed by atoms with Crippen LogP contribution in [0.1, 0.15) is 180 Å². The molecular formula is C48H82N4O2+2. The van der Waals surface area contributed by atoms with Crippen molar-refractivity contribution in [1.82, 2.24) is 0 Å². The average Bonchev–Trinajstić information content (AvgIpc) is 3.11. The molecule has 0 heterocycles. The van der Waals surface area contributed by atoms with Crippen LogP contribution in [0.5, 0.6) is 11.5 Å². The third-order valence-corrected chi connectivity index (χ3v) is 12.0. The van der Waals surface area contributed by atoms with Crippen molar-refractivity contribution in [2.24, 2.45) is 9.98 Å². The highest BCUT2D eigenvalue weighted by atomic mass is 16.3. The van der Waals surface area contributed by atoms with E-state index in [1.165, 1.54) is 62.5 Å². The Morgan fingerprint density at radius 1 is 0.574 bits per heavy atom. The van der Waals surface area contributed by atoms with Gasteiger partial charge in [0.15, 0.2) is 0 Å². The Bertz CT molecular complexity index is 1380. The standard InChI is InChI=1S/C48H80N4O2/c1-13-17-25-51(11,26-18-14-2)35-39-31-41(47(5,6)7)29-37(45(39)53)33-49-43-23-21-22-24-44(43)50-34-38-30-42(48(8,9)10)32-40(46(38)54)36-52(12,27-19-15-3)28-20-16-4/h29-34,43-44H,13-28,35-36H2,1-12H3/p+2/t43-,44?/m1/s1. The highest BCUT2D eigenvalue weighted by molar-refractivity contribution is 5.86. The molecule has 0 saturated heterocycles. The van der Waals surface area contributed by atoms with Gasteiger partial charge in [0.2, 0.25) is 0 Å². The zero-order valence-electron chi connectivity index (χ0n) is 37.0. The number of quaternary nitrogens is 2. The Balaban J connectivity index is 2.00. The first-order valence-electron chi connectivity index (χ1n) is 21.8. The Morgan fingerprint density at radius 3 is 1.17 bits per heavy atom. The summed E-state index contributed by atoms with van der Waals surface area (Å²) in [5.74, 6) is 0.749. The lowest BCUT2D eigenvalue weighted by Gasteiger charge is -2.35. The Morgan fingerprint density at radius 2 is 0.889 bits per heavy atom. The fourth-order valence-corrected chi connectivity index (χ4v) is 8.06. The third-order valence-electron chi connectivity index (χ3n) is 12.0. The molecule has 0 aromatic heterocycles. The van der Waals surface area contributed by atoms with Crippen LogP contribution in [0.2, 0.25) is 0 Å². The maximum Gasteiger partial charge on any atom is 0.133 e. The summed E-state index contributed by atoms with van der Waals surface area (Å²) in [5.41, 5.74) is 6.05. The fraction of sp³-hybridized carbons (Fsp3) is 0.708. The molecule has 6 nitrogen and oxygen atoms in total. The highest BCUT2D eigenvalue weighted by Gasteiger charge is 2.29. The van der Waals surface area contributed by atoms with Gasteiger partial charge in [0.05, 0.1) is 52.4 Å². The molecule has 54 heavy (non-hydrogen) atoms. The summed E-state index contributed by atoms with van der Waals surface area (Å²) in [5, 5.41) is 23.6. The van der Waals surface area contributed by atoms with Crippen molar-refractivity contribution in [2.75, 3.05) is 40.3 Å². The van der Waals surface area contributed by atoms with Gasteiger partial charge in [0.25, 0.3) is 0 Å². The summed E-state index contributed by atoms with van der Waals surface area (Å²) < 4.78 is 1.89. The number of phenolic OH excluding ortho intramolecular Hbond substituents is 2. The number of aliphatic imine (C=N–C) groups is 2. The Hall–Kier alpha value is -2.70. The minimum Gasteiger partial charge on any atom is -0.507 e. The fourth-order valence-electron chi connectivity index (χ4n) is 8.06. The van der Waals surface area contributed by atoms with E-state index in [-0.39, 0.29) is 22.9 Å². The molecule has 0 spiro atoms. The van der Waals surface area contributed by atoms with Gasteiger partial charge in [0.1, 0.15) is 24.6 Å². The molecule has 1 unspecified atom stereocenters. The molecule has 0 amide bonds. The molecule has 0 radical (unpaired) electrons. The van der Waals surface area contributed by atoms with Crippen LogP contribution in [0.3, 0.4) is 0 Å². The van der Waals surface area contributed by atoms with E-state index < -0.39 is 0 Å². The Kier molecular flexibility index (Phi) is 17.3. The van der Waals surface area contributed by atoms with Crippen LogP contribution in [-0.4, -0.2) is 84.0 Å². The topological polar surface area (TPSA) is 65.2 Å². The van der Waals surface area contributed by atoms with Gasteiger partial charge in [-0.1, -0.05) is 108 Å². The molecule has 2 aromatic rings. The van der Waals surface area contributed by atoms with Crippen molar-refractivity contribution in [2.45, 2.75) is 182 Å². The molecular weight excluding hydrogens is 665 g/mol. The van der Waals surface area contributed by atoms with Crippen LogP contribution in [0, 0.1) is 0 Å². The number of phenols is 2. The lowest BCUT2D eigenvalue weighted by atomic mass is 9.84. The summed E-state index contributed by atoms with van der Waals surface area (Å²) in [7, 11) is 4.73. The molecule has 304 valence electrons. The zero-order chi connectivity index (χ0) is 40.2. The highest BCUT2D eigenvalue weighted by Crippen LogP contribution is 2.35. The SMILES string of the molecule is CCCC[N+](C)(CCCC)Cc1cc(C(C)(C)C)cc(C=NC2CCCC[C@H]2N=Cc2cc(C(C)(C)C)cc(C[N+](C)(CCCC)CCCC)c2O)c1O. The number of aromatic hydroxyl groups is 2. The predicted octanol–water partition coefficient (Wildman–Crippen LogP) is 11.6. The van der Waals surface area contributed by atoms with Crippen molar-refractivity contribution < 1.29 is 19.2 Å². The molecule has 6 heteroatoms. The van der Waals surface area contributed by atoms with E-state index >= 15 is 0 Å². The van der Waals surface area contributed by atoms with E-state index in [9.17, 15) is 10.2 Å². The molecule has 1 aliphatic rings. The van der Waals surface area contributed by atoms with Crippen LogP contribution in [-0.2, 0) is 23.9 Å². The van der Waals surface area contributed by atoms with Crippen molar-refractivity contribution >= 4 is 12.4 Å². The maximum absolute atomic E-state index is 11.8. The van der Waals surface area contributed by atoms with Gasteiger partial charge in [-0.2, -0.15) is 0 Å². The van der Waals surface area contributed by atoms with E-state index in [0.29, 0.717) is 11.5 Å². The van der Waals surface area contributed by atoms with Crippen LogP contribution in [0.4, 0.5) is 0 Å². The second-order valence-electron chi connectivity index (χ2n) is 19.5. The van der Waals surface area contributed by atoms with Crippen molar-refractivity contribution in [3.63, 3.8) is 0 Å². The van der Waals surface area contributed by atoms with E-state index in [1.54, 1.807) is 0 Å². The molecule has 1 aliphatic carbocycles. The number of unbranched alkanes of at least 4 members (excludes halogenated alkanes) is 4. The smallest absolute Gasteiger partial charge is 0.133 e. The third kappa shape index (κ3) is 13.5. The molecule has 3 rings (SSSR count). The summed E-state index contributed by atoms with van der Waals surface area (Å²) in [6.45, 7) is 28.7. The van der Waals surface area contributed by atoms with Crippen molar-refractivity contribution in [1.29, 1.82) is 0 Å². The molecule has 0 bridgehead atoms. The van der Waals surface area contributed by atoms with Gasteiger partial charge in [-0.3, -0.25) is 9.98 Å². The summed E-state index contributed by atoms with van der Waals surface area (Å²) in [6, 6.07) is 8.85. The maximum atomic E-state index is 11.8. The van der Waals surface area contributed by atoms with E-state index in [4.69, 9.17) is 9.98 Å². The van der Waals surface area contributed by atoms with Crippen LogP contribution < -0.4 is 0 Å². The van der Waals surface area contributed by atoms with Crippen molar-refractivity contribution in [3.05, 3.63) is 57.6 Å². The number of benzene rings is 2. The van der Waals surface area contributed by atoms with Crippen molar-refractivity contribution in [3.8, 4) is 11.5 Å². The van der Waals surface area contributed by atoms with Gasteiger partial charge < -0.3 is 19.2 Å². The molecule has 2 atom stereocenters. The molecule has 2 aromatic carbocycles. The van der Waals surface area contributed by atoms with Gasteiger partial charge in [-0.25, -0.2) is 0 Å². The quantitative estimate of drug-likeness (QED) is 0.105. The minimum absolute atomic E-state index is 0.0294. The predicted molar refractivity (Wildman–Crippen MR) is 234 cm³/mol. The lowest BCUT2D eigenvalue weighted by molar-refractivity contribution is -0.923. The summed E-state index contributed by atoms with van der Waals surface area (Å²) >= 11 is 0. The normalized spacial score (nSPS) is 17.6. The second kappa shape index (κ2) is 20.5. The first-order valence-corrected chi connectivity index (χ1v) is 21.8. The lowest BCUT2D eigenvalue weighted by Crippen LogP contribution is -2.44. The number of hydrogen-bond acceptors (Lipinski definition) is 4. The van der Waals surface area contributed by atoms with Crippen LogP contribution in [0.15, 0.2) is 34.3 Å². The first-order chi connectivity index (χ1) is 25.4. The monoisotopic (exact) mass is 747 g/mol. The second-order valence-corrected chi connectivity index (χ2v) is 19.5. The van der Waals surface area contributed by atoms with Crippen LogP contribution >= 0.6 is 0 Å². The van der Waals surface area contributed by atoms with E-state index in [2.05, 4.69) is 108 Å². The largest absolute Gasteiger partial charge is 0.507 e. The zero-order valence-corrected chi connectivity index (χ0v) is 37.0. The molecule has 2 N–H and O–H groups in total. The van der Waals surface area contributed by atoms with Gasteiger partial charge in [-0.05, 0) is 84.7 Å². The molecule has 1 saturated carbocycles. The number of hydrogen-bond donors (Lipinski definition) is 2. The summed E-state index contributed by atoms with van der Waals surface area (Å²) in [4.78, 5) is 10.4. The minimum atomic E-state index is -0.0519. The van der Waals surface area contributed by atoms with Gasteiger partial charge >= 0.3 is 0 Å². The van der Waals surface area contributed by atoms with E-state index in [0.717, 1.165) is 96.2 Å². The Labute approximate surface area is 332 Å². The first kappa shape index (κ1) is 45.7. The number of rotatable bonds is 20. The average molecular weight is 747 g/mol. The molecule has 1 fully saturated rings.